The van der Waals surface area contributed by atoms with E-state index in [0.29, 0.717) is 5.69 Å². The second kappa shape index (κ2) is 4.49. The fourth-order valence-electron chi connectivity index (χ4n) is 1.76. The number of hydrogen-bond acceptors (Lipinski definition) is 5. The average molecular weight is 266 g/mol. The van der Waals surface area contributed by atoms with Crippen LogP contribution in [0.25, 0.3) is 10.6 Å². The summed E-state index contributed by atoms with van der Waals surface area (Å²) >= 11 is 1.46. The lowest BCUT2D eigenvalue weighted by molar-refractivity contribution is 0.0691. The largest absolute Gasteiger partial charge is 0.476 e. The van der Waals surface area contributed by atoms with Gasteiger partial charge in [0.05, 0.1) is 15.6 Å². The molecule has 0 saturated carbocycles. The van der Waals surface area contributed by atoms with Gasteiger partial charge in [-0.25, -0.2) is 14.5 Å². The summed E-state index contributed by atoms with van der Waals surface area (Å²) in [5.41, 5.74) is 1.33. The zero-order valence-electron chi connectivity index (χ0n) is 10.6. The molecule has 96 valence electrons. The lowest BCUT2D eigenvalue weighted by Crippen LogP contribution is -2.06. The Hall–Kier alpha value is -1.76. The smallest absolute Gasteiger partial charge is 0.358 e. The minimum Gasteiger partial charge on any atom is -0.476 e. The lowest BCUT2D eigenvalue weighted by atomic mass is 10.2. The molecule has 7 heteroatoms. The topological polar surface area (TPSA) is 80.9 Å². The number of carbonyl (C=O) groups is 1. The molecular formula is C11H14N4O2S. The van der Waals surface area contributed by atoms with E-state index in [2.05, 4.69) is 15.3 Å². The number of aromatic nitrogens is 4. The molecule has 0 aliphatic carbocycles. The zero-order chi connectivity index (χ0) is 13.4. The van der Waals surface area contributed by atoms with Gasteiger partial charge in [0, 0.05) is 6.04 Å². The minimum absolute atomic E-state index is 0.0181. The van der Waals surface area contributed by atoms with Crippen LogP contribution >= 0.6 is 11.3 Å². The number of rotatable bonds is 3. The van der Waals surface area contributed by atoms with E-state index in [-0.39, 0.29) is 11.7 Å². The molecule has 18 heavy (non-hydrogen) atoms. The molecule has 0 saturated heterocycles. The molecule has 2 rings (SSSR count). The van der Waals surface area contributed by atoms with Crippen molar-refractivity contribution < 1.29 is 9.90 Å². The van der Waals surface area contributed by atoms with Gasteiger partial charge in [-0.1, -0.05) is 5.21 Å². The highest BCUT2D eigenvalue weighted by atomic mass is 32.1. The van der Waals surface area contributed by atoms with Crippen molar-refractivity contribution in [2.45, 2.75) is 33.7 Å². The number of hydrogen-bond donors (Lipinski definition) is 1. The molecule has 0 radical (unpaired) electrons. The Labute approximate surface area is 108 Å². The fraction of sp³-hybridized carbons (Fsp3) is 0.455. The maximum atomic E-state index is 11.2. The van der Waals surface area contributed by atoms with Crippen molar-refractivity contribution in [3.63, 3.8) is 0 Å². The number of aryl methyl sites for hydroxylation is 2. The van der Waals surface area contributed by atoms with Gasteiger partial charge in [-0.05, 0) is 27.7 Å². The molecule has 0 atom stereocenters. The standard InChI is InChI=1S/C11H14N4O2S/c1-5(2)15-9(8(11(16)17)13-14-15)10-6(3)12-7(4)18-10/h5H,1-4H3,(H,16,17). The van der Waals surface area contributed by atoms with Crippen LogP contribution in [-0.2, 0) is 0 Å². The van der Waals surface area contributed by atoms with E-state index in [9.17, 15) is 9.90 Å². The summed E-state index contributed by atoms with van der Waals surface area (Å²) in [7, 11) is 0. The van der Waals surface area contributed by atoms with E-state index < -0.39 is 5.97 Å². The van der Waals surface area contributed by atoms with Crippen LogP contribution in [0.4, 0.5) is 0 Å². The lowest BCUT2D eigenvalue weighted by Gasteiger charge is -2.08. The molecule has 0 aromatic carbocycles. The summed E-state index contributed by atoms with van der Waals surface area (Å²) in [4.78, 5) is 16.4. The second-order valence-corrected chi connectivity index (χ2v) is 5.48. The van der Waals surface area contributed by atoms with Gasteiger partial charge >= 0.3 is 5.97 Å². The molecule has 0 aliphatic heterocycles. The van der Waals surface area contributed by atoms with Gasteiger partial charge in [0.2, 0.25) is 0 Å². The molecule has 1 N–H and O–H groups in total. The molecule has 0 unspecified atom stereocenters. The van der Waals surface area contributed by atoms with Crippen molar-refractivity contribution in [2.75, 3.05) is 0 Å². The van der Waals surface area contributed by atoms with E-state index in [1.165, 1.54) is 11.3 Å². The molecule has 2 aromatic rings. The monoisotopic (exact) mass is 266 g/mol. The summed E-state index contributed by atoms with van der Waals surface area (Å²) in [5.74, 6) is -1.07. The van der Waals surface area contributed by atoms with Gasteiger partial charge in [-0.3, -0.25) is 0 Å². The predicted molar refractivity (Wildman–Crippen MR) is 67.9 cm³/mol. The van der Waals surface area contributed by atoms with Crippen LogP contribution in [-0.4, -0.2) is 31.1 Å². The molecule has 2 aromatic heterocycles. The van der Waals surface area contributed by atoms with Crippen LogP contribution in [0.15, 0.2) is 0 Å². The normalized spacial score (nSPS) is 11.2. The predicted octanol–water partition coefficient (Wildman–Crippen LogP) is 2.30. The highest BCUT2D eigenvalue weighted by Gasteiger charge is 2.24. The number of carboxylic acid groups (broad SMARTS) is 1. The van der Waals surface area contributed by atoms with Gasteiger partial charge in [0.25, 0.3) is 0 Å². The summed E-state index contributed by atoms with van der Waals surface area (Å²) in [6, 6.07) is 0.0439. The maximum absolute atomic E-state index is 11.2. The summed E-state index contributed by atoms with van der Waals surface area (Å²) in [6.45, 7) is 7.63. The van der Waals surface area contributed by atoms with Crippen LogP contribution in [0.5, 0.6) is 0 Å². The highest BCUT2D eigenvalue weighted by Crippen LogP contribution is 2.32. The SMILES string of the molecule is Cc1nc(C)c(-c2c(C(=O)O)nnn2C(C)C)s1. The molecule has 0 fully saturated rings. The van der Waals surface area contributed by atoms with E-state index in [4.69, 9.17) is 0 Å². The van der Waals surface area contributed by atoms with Crippen molar-refractivity contribution in [2.24, 2.45) is 0 Å². The third kappa shape index (κ3) is 2.01. The van der Waals surface area contributed by atoms with Crippen LogP contribution in [0.3, 0.4) is 0 Å². The molecule has 2 heterocycles. The van der Waals surface area contributed by atoms with Crippen molar-refractivity contribution >= 4 is 17.3 Å². The summed E-state index contributed by atoms with van der Waals surface area (Å²) in [5, 5.41) is 17.8. The highest BCUT2D eigenvalue weighted by molar-refractivity contribution is 7.15. The summed E-state index contributed by atoms with van der Waals surface area (Å²) in [6.07, 6.45) is 0. The fourth-order valence-corrected chi connectivity index (χ4v) is 2.72. The van der Waals surface area contributed by atoms with Gasteiger partial charge in [0.15, 0.2) is 5.69 Å². The molecular weight excluding hydrogens is 252 g/mol. The van der Waals surface area contributed by atoms with Crippen molar-refractivity contribution in [3.05, 3.63) is 16.4 Å². The third-order valence-corrected chi connectivity index (χ3v) is 3.58. The number of aromatic carboxylic acids is 1. The minimum atomic E-state index is -1.07. The number of carboxylic acids is 1. The van der Waals surface area contributed by atoms with Gasteiger partial charge < -0.3 is 5.11 Å². The first-order valence-electron chi connectivity index (χ1n) is 5.54. The Kier molecular flexibility index (Phi) is 3.16. The van der Waals surface area contributed by atoms with Crippen molar-refractivity contribution in [3.8, 4) is 10.6 Å². The van der Waals surface area contributed by atoms with E-state index in [0.717, 1.165) is 15.6 Å². The Bertz CT molecular complexity index is 600. The molecule has 0 amide bonds. The molecule has 0 bridgehead atoms. The van der Waals surface area contributed by atoms with Crippen LogP contribution in [0, 0.1) is 13.8 Å². The maximum Gasteiger partial charge on any atom is 0.358 e. The Morgan fingerprint density at radius 1 is 1.39 bits per heavy atom. The van der Waals surface area contributed by atoms with Gasteiger partial charge in [-0.15, -0.1) is 16.4 Å². The van der Waals surface area contributed by atoms with E-state index >= 15 is 0 Å². The Morgan fingerprint density at radius 2 is 2.06 bits per heavy atom. The molecule has 0 spiro atoms. The quantitative estimate of drug-likeness (QED) is 0.921. The molecule has 6 nitrogen and oxygen atoms in total. The first-order valence-corrected chi connectivity index (χ1v) is 6.36. The van der Waals surface area contributed by atoms with Crippen molar-refractivity contribution in [1.82, 2.24) is 20.0 Å². The molecule has 0 aliphatic rings. The van der Waals surface area contributed by atoms with Crippen LogP contribution in [0.1, 0.15) is 41.1 Å². The third-order valence-electron chi connectivity index (χ3n) is 2.50. The van der Waals surface area contributed by atoms with Gasteiger partial charge in [0.1, 0.15) is 5.69 Å². The van der Waals surface area contributed by atoms with Gasteiger partial charge in [-0.2, -0.15) is 0 Å². The summed E-state index contributed by atoms with van der Waals surface area (Å²) < 4.78 is 1.63. The van der Waals surface area contributed by atoms with Crippen LogP contribution < -0.4 is 0 Å². The number of thiazole rings is 1. The first kappa shape index (κ1) is 12.7. The average Bonchev–Trinajstić information content (AvgIpc) is 2.80. The Balaban J connectivity index is 2.71. The first-order chi connectivity index (χ1) is 8.41. The number of nitrogens with zero attached hydrogens (tertiary/aromatic N) is 4. The van der Waals surface area contributed by atoms with E-state index in [1.54, 1.807) is 4.68 Å². The van der Waals surface area contributed by atoms with E-state index in [1.807, 2.05) is 27.7 Å². The van der Waals surface area contributed by atoms with Crippen molar-refractivity contribution in [1.29, 1.82) is 0 Å². The Morgan fingerprint density at radius 3 is 2.50 bits per heavy atom. The second-order valence-electron chi connectivity index (χ2n) is 4.28. The zero-order valence-corrected chi connectivity index (χ0v) is 11.4. The van der Waals surface area contributed by atoms with Crippen LogP contribution in [0.2, 0.25) is 0 Å².